The third kappa shape index (κ3) is 3.50. The summed E-state index contributed by atoms with van der Waals surface area (Å²) < 4.78 is 5.65. The first-order valence-electron chi connectivity index (χ1n) is 6.00. The lowest BCUT2D eigenvalue weighted by Crippen LogP contribution is -2.29. The molecule has 0 atom stereocenters. The molecular formula is C14H16BNO3. The summed E-state index contributed by atoms with van der Waals surface area (Å²) in [6.45, 7) is 2.35. The van der Waals surface area contributed by atoms with Crippen LogP contribution < -0.4 is 15.9 Å². The molecule has 0 unspecified atom stereocenters. The molecule has 0 aromatic heterocycles. The van der Waals surface area contributed by atoms with Gasteiger partial charge in [0.2, 0.25) is 0 Å². The average molecular weight is 257 g/mol. The van der Waals surface area contributed by atoms with Crippen molar-refractivity contribution >= 4 is 18.3 Å². The molecule has 98 valence electrons. The molecule has 2 rings (SSSR count). The molecule has 4 N–H and O–H groups in total. The first-order valence-corrected chi connectivity index (χ1v) is 6.00. The fourth-order valence-corrected chi connectivity index (χ4v) is 1.69. The van der Waals surface area contributed by atoms with Gasteiger partial charge in [-0.15, -0.1) is 0 Å². The molecule has 2 aromatic rings. The van der Waals surface area contributed by atoms with Gasteiger partial charge in [0.25, 0.3) is 0 Å². The number of aryl methyl sites for hydroxylation is 1. The largest absolute Gasteiger partial charge is 0.489 e. The fourth-order valence-electron chi connectivity index (χ4n) is 1.69. The smallest absolute Gasteiger partial charge is 0.488 e. The Morgan fingerprint density at radius 2 is 1.79 bits per heavy atom. The zero-order chi connectivity index (χ0) is 13.8. The van der Waals surface area contributed by atoms with Crippen molar-refractivity contribution in [1.82, 2.24) is 0 Å². The number of hydrogen-bond acceptors (Lipinski definition) is 4. The average Bonchev–Trinajstić information content (AvgIpc) is 2.40. The Balaban J connectivity index is 2.00. The predicted octanol–water partition coefficient (Wildman–Crippen LogP) is 0.836. The highest BCUT2D eigenvalue weighted by Crippen LogP contribution is 2.19. The van der Waals surface area contributed by atoms with E-state index >= 15 is 0 Å². The summed E-state index contributed by atoms with van der Waals surface area (Å²) in [6.07, 6.45) is 0. The van der Waals surface area contributed by atoms with Crippen LogP contribution in [0.1, 0.15) is 11.1 Å². The van der Waals surface area contributed by atoms with Crippen LogP contribution in [0.4, 0.5) is 5.69 Å². The third-order valence-electron chi connectivity index (χ3n) is 2.92. The molecule has 0 aliphatic rings. The van der Waals surface area contributed by atoms with Crippen molar-refractivity contribution in [1.29, 1.82) is 0 Å². The maximum Gasteiger partial charge on any atom is 0.488 e. The van der Waals surface area contributed by atoms with Gasteiger partial charge in [-0.1, -0.05) is 24.3 Å². The zero-order valence-electron chi connectivity index (χ0n) is 10.7. The predicted molar refractivity (Wildman–Crippen MR) is 76.2 cm³/mol. The molecule has 0 radical (unpaired) electrons. The van der Waals surface area contributed by atoms with Gasteiger partial charge in [0.05, 0.1) is 0 Å². The number of hydrogen-bond donors (Lipinski definition) is 3. The summed E-state index contributed by atoms with van der Waals surface area (Å²) in [5, 5.41) is 18.0. The molecule has 0 saturated carbocycles. The molecule has 2 aromatic carbocycles. The molecule has 5 heteroatoms. The lowest BCUT2D eigenvalue weighted by atomic mass is 9.80. The molecule has 19 heavy (non-hydrogen) atoms. The second-order valence-electron chi connectivity index (χ2n) is 4.42. The van der Waals surface area contributed by atoms with E-state index in [0.29, 0.717) is 12.1 Å². The van der Waals surface area contributed by atoms with E-state index in [9.17, 15) is 0 Å². The van der Waals surface area contributed by atoms with Crippen LogP contribution in [0.2, 0.25) is 0 Å². The summed E-state index contributed by atoms with van der Waals surface area (Å²) >= 11 is 0. The van der Waals surface area contributed by atoms with Crippen LogP contribution >= 0.6 is 0 Å². The van der Waals surface area contributed by atoms with Gasteiger partial charge in [0, 0.05) is 5.69 Å². The van der Waals surface area contributed by atoms with Gasteiger partial charge in [-0.3, -0.25) is 0 Å². The van der Waals surface area contributed by atoms with Crippen LogP contribution in [0.25, 0.3) is 0 Å². The van der Waals surface area contributed by atoms with Crippen molar-refractivity contribution in [3.8, 4) is 5.75 Å². The van der Waals surface area contributed by atoms with Crippen LogP contribution in [0.5, 0.6) is 5.75 Å². The van der Waals surface area contributed by atoms with E-state index in [-0.39, 0.29) is 0 Å². The minimum Gasteiger partial charge on any atom is -0.489 e. The molecule has 4 nitrogen and oxygen atoms in total. The van der Waals surface area contributed by atoms with Gasteiger partial charge >= 0.3 is 7.12 Å². The Morgan fingerprint density at radius 1 is 1.11 bits per heavy atom. The van der Waals surface area contributed by atoms with Crippen molar-refractivity contribution in [3.63, 3.8) is 0 Å². The van der Waals surface area contributed by atoms with E-state index in [2.05, 4.69) is 0 Å². The van der Waals surface area contributed by atoms with Gasteiger partial charge in [-0.25, -0.2) is 0 Å². The first-order chi connectivity index (χ1) is 9.06. The van der Waals surface area contributed by atoms with Crippen molar-refractivity contribution in [2.45, 2.75) is 13.5 Å². The second kappa shape index (κ2) is 5.78. The molecule has 0 amide bonds. The van der Waals surface area contributed by atoms with Gasteiger partial charge in [-0.05, 0) is 41.7 Å². The van der Waals surface area contributed by atoms with E-state index in [1.807, 2.05) is 25.1 Å². The maximum absolute atomic E-state index is 8.99. The Labute approximate surface area is 112 Å². The molecule has 0 fully saturated rings. The first kappa shape index (κ1) is 13.5. The second-order valence-corrected chi connectivity index (χ2v) is 4.42. The number of ether oxygens (including phenoxy) is 1. The van der Waals surface area contributed by atoms with Crippen LogP contribution in [0, 0.1) is 6.92 Å². The number of rotatable bonds is 4. The molecule has 0 saturated heterocycles. The minimum absolute atomic E-state index is 0.422. The normalized spacial score (nSPS) is 10.3. The molecule has 0 heterocycles. The van der Waals surface area contributed by atoms with Gasteiger partial charge < -0.3 is 20.5 Å². The van der Waals surface area contributed by atoms with E-state index in [4.69, 9.17) is 20.5 Å². The highest BCUT2D eigenvalue weighted by Gasteiger charge is 2.09. The molecule has 0 aliphatic carbocycles. The monoisotopic (exact) mass is 257 g/mol. The Morgan fingerprint density at radius 3 is 2.37 bits per heavy atom. The van der Waals surface area contributed by atoms with Crippen LogP contribution in [-0.2, 0) is 6.61 Å². The SMILES string of the molecule is Cc1cc(OCc2ccc(B(O)O)cc2)ccc1N. The number of anilines is 1. The quantitative estimate of drug-likeness (QED) is 0.560. The molecular weight excluding hydrogens is 241 g/mol. The van der Waals surface area contributed by atoms with Crippen molar-refractivity contribution < 1.29 is 14.8 Å². The summed E-state index contributed by atoms with van der Waals surface area (Å²) in [5.74, 6) is 0.762. The number of nitrogen functional groups attached to an aromatic ring is 1. The number of benzene rings is 2. The highest BCUT2D eigenvalue weighted by atomic mass is 16.5. The Hall–Kier alpha value is -1.98. The van der Waals surface area contributed by atoms with E-state index < -0.39 is 7.12 Å². The molecule has 0 bridgehead atoms. The van der Waals surface area contributed by atoms with E-state index in [0.717, 1.165) is 22.6 Å². The molecule has 0 aliphatic heterocycles. The fraction of sp³-hybridized carbons (Fsp3) is 0.143. The lowest BCUT2D eigenvalue weighted by Gasteiger charge is -2.09. The van der Waals surface area contributed by atoms with E-state index in [1.165, 1.54) is 0 Å². The van der Waals surface area contributed by atoms with Crippen LogP contribution in [0.15, 0.2) is 42.5 Å². The van der Waals surface area contributed by atoms with Crippen molar-refractivity contribution in [3.05, 3.63) is 53.6 Å². The molecule has 0 spiro atoms. The van der Waals surface area contributed by atoms with Gasteiger partial charge in [0.1, 0.15) is 12.4 Å². The zero-order valence-corrected chi connectivity index (χ0v) is 10.7. The van der Waals surface area contributed by atoms with Gasteiger partial charge in [0.15, 0.2) is 0 Å². The maximum atomic E-state index is 8.99. The summed E-state index contributed by atoms with van der Waals surface area (Å²) in [4.78, 5) is 0. The highest BCUT2D eigenvalue weighted by molar-refractivity contribution is 6.58. The third-order valence-corrected chi connectivity index (χ3v) is 2.92. The van der Waals surface area contributed by atoms with Crippen molar-refractivity contribution in [2.24, 2.45) is 0 Å². The van der Waals surface area contributed by atoms with Crippen molar-refractivity contribution in [2.75, 3.05) is 5.73 Å². The summed E-state index contributed by atoms with van der Waals surface area (Å²) in [5.41, 5.74) is 8.89. The lowest BCUT2D eigenvalue weighted by molar-refractivity contribution is 0.306. The minimum atomic E-state index is -1.44. The Kier molecular flexibility index (Phi) is 4.09. The van der Waals surface area contributed by atoms with E-state index in [1.54, 1.807) is 24.3 Å². The number of nitrogens with two attached hydrogens (primary N) is 1. The standard InChI is InChI=1S/C14H16BNO3/c1-10-8-13(6-7-14(10)16)19-9-11-2-4-12(5-3-11)15(17)18/h2-8,17-18H,9,16H2,1H3. The topological polar surface area (TPSA) is 75.7 Å². The van der Waals surface area contributed by atoms with Crippen LogP contribution in [-0.4, -0.2) is 17.2 Å². The Bertz CT molecular complexity index is 555. The van der Waals surface area contributed by atoms with Gasteiger partial charge in [-0.2, -0.15) is 0 Å². The summed E-state index contributed by atoms with van der Waals surface area (Å²) in [7, 11) is -1.44. The summed E-state index contributed by atoms with van der Waals surface area (Å²) in [6, 6.07) is 12.5. The van der Waals surface area contributed by atoms with Crippen LogP contribution in [0.3, 0.4) is 0 Å².